The zero-order valence-corrected chi connectivity index (χ0v) is 9.69. The van der Waals surface area contributed by atoms with Gasteiger partial charge < -0.3 is 4.74 Å². The number of rotatable bonds is 2. The van der Waals surface area contributed by atoms with Crippen LogP contribution in [0.2, 0.25) is 0 Å². The van der Waals surface area contributed by atoms with E-state index < -0.39 is 17.7 Å². The van der Waals surface area contributed by atoms with Gasteiger partial charge in [-0.2, -0.15) is 0 Å². The topological polar surface area (TPSA) is 72.5 Å². The third kappa shape index (κ3) is 2.62. The molecule has 0 unspecified atom stereocenters. The van der Waals surface area contributed by atoms with Gasteiger partial charge in [0.2, 0.25) is 11.6 Å². The number of Topliss-reactive ketones (excluding diaryl/α,β-unsaturated/α-hetero) is 1. The first-order valence-electron chi connectivity index (χ1n) is 4.27. The Morgan fingerprint density at radius 1 is 1.44 bits per heavy atom. The molecular formula is C9H7Cl2NO4. The normalized spacial score (nSPS) is 16.1. The summed E-state index contributed by atoms with van der Waals surface area (Å²) >= 11 is 11.1. The van der Waals surface area contributed by atoms with Crippen LogP contribution >= 0.6 is 23.2 Å². The van der Waals surface area contributed by atoms with Crippen molar-refractivity contribution < 1.29 is 19.1 Å². The number of carbonyl (C=O) groups is 3. The van der Waals surface area contributed by atoms with Crippen molar-refractivity contribution in [3.63, 3.8) is 0 Å². The number of allylic oxidation sites excluding steroid dienone is 3. The van der Waals surface area contributed by atoms with E-state index in [2.05, 4.69) is 10.1 Å². The molecule has 0 spiro atoms. The van der Waals surface area contributed by atoms with Crippen LogP contribution in [0, 0.1) is 0 Å². The fourth-order valence-corrected chi connectivity index (χ4v) is 1.35. The average molecular weight is 264 g/mol. The zero-order chi connectivity index (χ0) is 12.3. The molecule has 5 nitrogen and oxygen atoms in total. The highest BCUT2D eigenvalue weighted by Crippen LogP contribution is 2.22. The van der Waals surface area contributed by atoms with E-state index in [0.29, 0.717) is 0 Å². The van der Waals surface area contributed by atoms with Crippen LogP contribution in [0.1, 0.15) is 6.92 Å². The van der Waals surface area contributed by atoms with Crippen LogP contribution in [0.25, 0.3) is 0 Å². The van der Waals surface area contributed by atoms with Crippen molar-refractivity contribution in [1.82, 2.24) is 5.32 Å². The molecule has 0 aromatic carbocycles. The summed E-state index contributed by atoms with van der Waals surface area (Å²) in [5.41, 5.74) is -0.363. The lowest BCUT2D eigenvalue weighted by atomic mass is 10.1. The summed E-state index contributed by atoms with van der Waals surface area (Å²) < 4.78 is 4.54. The number of alkyl carbamates (subject to hydrolysis) is 1. The summed E-state index contributed by atoms with van der Waals surface area (Å²) in [4.78, 5) is 33.7. The van der Waals surface area contributed by atoms with Crippen LogP contribution in [-0.2, 0) is 14.3 Å². The number of hydrogen-bond acceptors (Lipinski definition) is 4. The minimum Gasteiger partial charge on any atom is -0.450 e. The van der Waals surface area contributed by atoms with Gasteiger partial charge in [-0.15, -0.1) is 0 Å². The Morgan fingerprint density at radius 2 is 2.06 bits per heavy atom. The van der Waals surface area contributed by atoms with Crippen LogP contribution in [0.5, 0.6) is 0 Å². The Balaban J connectivity index is 2.93. The van der Waals surface area contributed by atoms with E-state index in [1.54, 1.807) is 6.92 Å². The second-order valence-corrected chi connectivity index (χ2v) is 3.51. The monoisotopic (exact) mass is 263 g/mol. The Labute approximate surface area is 101 Å². The van der Waals surface area contributed by atoms with Crippen molar-refractivity contribution in [2.45, 2.75) is 6.92 Å². The molecule has 16 heavy (non-hydrogen) atoms. The molecule has 0 fully saturated rings. The lowest BCUT2D eigenvalue weighted by molar-refractivity contribution is -0.115. The Hall–Kier alpha value is -1.33. The summed E-state index contributed by atoms with van der Waals surface area (Å²) in [7, 11) is 0. The molecule has 0 aliphatic heterocycles. The molecular weight excluding hydrogens is 257 g/mol. The van der Waals surface area contributed by atoms with Crippen LogP contribution in [0.15, 0.2) is 21.8 Å². The number of ketones is 2. The molecule has 0 aromatic rings. The summed E-state index contributed by atoms with van der Waals surface area (Å²) in [6, 6.07) is 0. The van der Waals surface area contributed by atoms with E-state index in [0.717, 1.165) is 6.08 Å². The quantitative estimate of drug-likeness (QED) is 0.766. The van der Waals surface area contributed by atoms with Gasteiger partial charge in [0.15, 0.2) is 0 Å². The molecule has 0 saturated carbocycles. The molecule has 0 atom stereocenters. The highest BCUT2D eigenvalue weighted by Gasteiger charge is 2.28. The minimum atomic E-state index is -0.872. The first-order valence-corrected chi connectivity index (χ1v) is 5.02. The predicted molar refractivity (Wildman–Crippen MR) is 57.0 cm³/mol. The van der Waals surface area contributed by atoms with E-state index in [1.807, 2.05) is 0 Å². The van der Waals surface area contributed by atoms with Crippen molar-refractivity contribution in [3.05, 3.63) is 21.8 Å². The maximum absolute atomic E-state index is 11.5. The first-order chi connectivity index (χ1) is 7.47. The molecule has 7 heteroatoms. The number of nitrogens with one attached hydrogen (secondary N) is 1. The van der Waals surface area contributed by atoms with Gasteiger partial charge >= 0.3 is 6.09 Å². The van der Waals surface area contributed by atoms with Crippen LogP contribution in [0.4, 0.5) is 4.79 Å². The first kappa shape index (κ1) is 12.7. The van der Waals surface area contributed by atoms with E-state index in [9.17, 15) is 14.4 Å². The lowest BCUT2D eigenvalue weighted by Crippen LogP contribution is -2.31. The van der Waals surface area contributed by atoms with Crippen LogP contribution in [-0.4, -0.2) is 24.3 Å². The van der Waals surface area contributed by atoms with Crippen molar-refractivity contribution in [3.8, 4) is 0 Å². The molecule has 0 aromatic heterocycles. The highest BCUT2D eigenvalue weighted by atomic mass is 35.5. The second kappa shape index (κ2) is 5.14. The van der Waals surface area contributed by atoms with Gasteiger partial charge in [0.05, 0.1) is 11.6 Å². The van der Waals surface area contributed by atoms with Crippen LogP contribution in [0.3, 0.4) is 0 Å². The number of amides is 1. The number of halogens is 2. The highest BCUT2D eigenvalue weighted by molar-refractivity contribution is 6.55. The van der Waals surface area contributed by atoms with Gasteiger partial charge in [0.1, 0.15) is 10.7 Å². The number of hydrogen-bond donors (Lipinski definition) is 1. The molecule has 86 valence electrons. The van der Waals surface area contributed by atoms with Gasteiger partial charge in [-0.25, -0.2) is 4.79 Å². The van der Waals surface area contributed by atoms with Gasteiger partial charge in [0.25, 0.3) is 0 Å². The molecule has 0 saturated heterocycles. The number of ether oxygens (including phenoxy) is 1. The molecule has 0 radical (unpaired) electrons. The molecule has 0 heterocycles. The van der Waals surface area contributed by atoms with E-state index in [1.165, 1.54) is 0 Å². The number of carbonyl (C=O) groups excluding carboxylic acids is 3. The Kier molecular flexibility index (Phi) is 4.09. The molecule has 1 amide bonds. The zero-order valence-electron chi connectivity index (χ0n) is 8.17. The lowest BCUT2D eigenvalue weighted by Gasteiger charge is -2.12. The fraction of sp³-hybridized carbons (Fsp3) is 0.222. The van der Waals surface area contributed by atoms with E-state index >= 15 is 0 Å². The maximum atomic E-state index is 11.5. The molecule has 1 N–H and O–H groups in total. The average Bonchev–Trinajstić information content (AvgIpc) is 2.22. The molecule has 1 rings (SSSR count). The predicted octanol–water partition coefficient (Wildman–Crippen LogP) is 1.46. The third-order valence-electron chi connectivity index (χ3n) is 1.64. The second-order valence-electron chi connectivity index (χ2n) is 2.72. The summed E-state index contributed by atoms with van der Waals surface area (Å²) in [6.07, 6.45) is 0.0194. The van der Waals surface area contributed by atoms with Gasteiger partial charge in [-0.1, -0.05) is 23.2 Å². The van der Waals surface area contributed by atoms with Crippen molar-refractivity contribution >= 4 is 40.9 Å². The Bertz CT molecular complexity index is 425. The molecule has 1 aliphatic carbocycles. The van der Waals surface area contributed by atoms with Crippen molar-refractivity contribution in [2.24, 2.45) is 0 Å². The van der Waals surface area contributed by atoms with Gasteiger partial charge in [-0.05, 0) is 6.92 Å². The van der Waals surface area contributed by atoms with Crippen molar-refractivity contribution in [1.29, 1.82) is 0 Å². The summed E-state index contributed by atoms with van der Waals surface area (Å²) in [5.74, 6) is -1.36. The minimum absolute atomic E-state index is 0.127. The van der Waals surface area contributed by atoms with E-state index in [-0.39, 0.29) is 22.4 Å². The van der Waals surface area contributed by atoms with E-state index in [4.69, 9.17) is 23.2 Å². The molecule has 1 aliphatic rings. The van der Waals surface area contributed by atoms with Gasteiger partial charge in [0, 0.05) is 6.08 Å². The SMILES string of the molecule is CCOC(=O)NC1=C(Cl)C(=O)C=C(Cl)C1=O. The maximum Gasteiger partial charge on any atom is 0.411 e. The standard InChI is InChI=1S/C9H7Cl2NO4/c1-2-16-9(15)12-7-6(11)5(13)3-4(10)8(7)14/h3H,2H2,1H3,(H,12,15). The third-order valence-corrected chi connectivity index (χ3v) is 2.30. The van der Waals surface area contributed by atoms with Crippen molar-refractivity contribution in [2.75, 3.05) is 6.61 Å². The van der Waals surface area contributed by atoms with Crippen LogP contribution < -0.4 is 5.32 Å². The summed E-state index contributed by atoms with van der Waals surface area (Å²) in [5, 5.41) is 1.38. The van der Waals surface area contributed by atoms with Gasteiger partial charge in [-0.3, -0.25) is 14.9 Å². The smallest absolute Gasteiger partial charge is 0.411 e. The molecule has 0 bridgehead atoms. The largest absolute Gasteiger partial charge is 0.450 e. The Morgan fingerprint density at radius 3 is 2.62 bits per heavy atom. The summed E-state index contributed by atoms with van der Waals surface area (Å²) in [6.45, 7) is 1.72. The fourth-order valence-electron chi connectivity index (χ4n) is 0.967.